The Kier molecular flexibility index (Phi) is 7.05. The summed E-state index contributed by atoms with van der Waals surface area (Å²) in [5.74, 6) is 1.70. The van der Waals surface area contributed by atoms with Crippen molar-refractivity contribution in [3.05, 3.63) is 95.6 Å². The number of hydrogen-bond donors (Lipinski definition) is 0. The molecule has 0 saturated carbocycles. The molecule has 2 aliphatic heterocycles. The Morgan fingerprint density at radius 2 is 1.66 bits per heavy atom. The van der Waals surface area contributed by atoms with Crippen molar-refractivity contribution in [2.24, 2.45) is 5.92 Å². The van der Waals surface area contributed by atoms with Crippen LogP contribution in [0.1, 0.15) is 27.4 Å². The zero-order valence-electron chi connectivity index (χ0n) is 20.8. The lowest BCUT2D eigenvalue weighted by molar-refractivity contribution is 0.0782. The normalized spacial score (nSPS) is 20.7. The monoisotopic (exact) mass is 469 g/mol. The fourth-order valence-electron chi connectivity index (χ4n) is 5.59. The van der Waals surface area contributed by atoms with Gasteiger partial charge in [-0.05, 0) is 54.8 Å². The summed E-state index contributed by atoms with van der Waals surface area (Å²) in [5.41, 5.74) is 4.47. The van der Waals surface area contributed by atoms with E-state index in [-0.39, 0.29) is 5.91 Å². The molecule has 5 heteroatoms. The van der Waals surface area contributed by atoms with E-state index in [2.05, 4.69) is 63.2 Å². The highest BCUT2D eigenvalue weighted by Crippen LogP contribution is 2.36. The molecule has 0 N–H and O–H groups in total. The van der Waals surface area contributed by atoms with Gasteiger partial charge < -0.3 is 14.5 Å². The maximum Gasteiger partial charge on any atom is 0.253 e. The third-order valence-corrected chi connectivity index (χ3v) is 7.50. The number of methoxy groups -OCH3 is 1. The maximum atomic E-state index is 13.4. The molecule has 2 heterocycles. The molecular formula is C30H35N3O2. The number of rotatable bonds is 6. The Morgan fingerprint density at radius 3 is 2.40 bits per heavy atom. The van der Waals surface area contributed by atoms with Gasteiger partial charge in [0.15, 0.2) is 0 Å². The van der Waals surface area contributed by atoms with E-state index in [1.54, 1.807) is 7.11 Å². The predicted octanol–water partition coefficient (Wildman–Crippen LogP) is 4.68. The van der Waals surface area contributed by atoms with Crippen LogP contribution in [-0.4, -0.2) is 68.6 Å². The number of nitrogens with zero attached hydrogens (tertiary/aromatic N) is 3. The molecule has 0 bridgehead atoms. The molecule has 182 valence electrons. The summed E-state index contributed by atoms with van der Waals surface area (Å²) in [7, 11) is 1.71. The van der Waals surface area contributed by atoms with Gasteiger partial charge in [0.05, 0.1) is 7.11 Å². The maximum absolute atomic E-state index is 13.4. The average Bonchev–Trinajstić information content (AvgIpc) is 3.33. The summed E-state index contributed by atoms with van der Waals surface area (Å²) in [6, 6.07) is 27.0. The highest BCUT2D eigenvalue weighted by atomic mass is 16.5. The highest BCUT2D eigenvalue weighted by Gasteiger charge is 2.38. The number of ether oxygens (including phenoxy) is 1. The van der Waals surface area contributed by atoms with Crippen LogP contribution in [0.4, 0.5) is 5.69 Å². The quantitative estimate of drug-likeness (QED) is 0.525. The molecule has 3 aromatic rings. The van der Waals surface area contributed by atoms with E-state index >= 15 is 0 Å². The molecule has 1 amide bonds. The van der Waals surface area contributed by atoms with Crippen LogP contribution in [-0.2, 0) is 0 Å². The Hall–Kier alpha value is -3.31. The summed E-state index contributed by atoms with van der Waals surface area (Å²) in [5, 5.41) is 0. The van der Waals surface area contributed by atoms with Crippen molar-refractivity contribution in [1.29, 1.82) is 0 Å². The summed E-state index contributed by atoms with van der Waals surface area (Å²) < 4.78 is 5.51. The minimum atomic E-state index is 0.137. The number of para-hydroxylation sites is 1. The second-order valence-corrected chi connectivity index (χ2v) is 9.85. The molecule has 3 aromatic carbocycles. The molecule has 0 spiro atoms. The van der Waals surface area contributed by atoms with E-state index in [0.29, 0.717) is 11.8 Å². The first-order valence-corrected chi connectivity index (χ1v) is 12.6. The summed E-state index contributed by atoms with van der Waals surface area (Å²) in [6.45, 7) is 8.73. The zero-order valence-corrected chi connectivity index (χ0v) is 20.8. The molecule has 0 aliphatic carbocycles. The number of anilines is 1. The average molecular weight is 470 g/mol. The van der Waals surface area contributed by atoms with Crippen LogP contribution in [0.15, 0.2) is 78.9 Å². The highest BCUT2D eigenvalue weighted by molar-refractivity contribution is 5.94. The molecule has 2 aliphatic rings. The van der Waals surface area contributed by atoms with Crippen LogP contribution < -0.4 is 9.64 Å². The molecule has 35 heavy (non-hydrogen) atoms. The topological polar surface area (TPSA) is 36.0 Å². The summed E-state index contributed by atoms with van der Waals surface area (Å²) in [4.78, 5) is 20.5. The second-order valence-electron chi connectivity index (χ2n) is 9.85. The molecule has 2 fully saturated rings. The molecule has 2 unspecified atom stereocenters. The number of hydrogen-bond acceptors (Lipinski definition) is 4. The van der Waals surface area contributed by atoms with E-state index in [4.69, 9.17) is 4.74 Å². The second kappa shape index (κ2) is 10.5. The van der Waals surface area contributed by atoms with Gasteiger partial charge >= 0.3 is 0 Å². The molecule has 2 atom stereocenters. The van der Waals surface area contributed by atoms with E-state index in [0.717, 1.165) is 62.7 Å². The van der Waals surface area contributed by atoms with E-state index in [1.807, 2.05) is 37.3 Å². The van der Waals surface area contributed by atoms with E-state index in [9.17, 15) is 4.79 Å². The lowest BCUT2D eigenvalue weighted by Gasteiger charge is -2.37. The lowest BCUT2D eigenvalue weighted by Crippen LogP contribution is -2.48. The van der Waals surface area contributed by atoms with Crippen LogP contribution in [0.2, 0.25) is 0 Å². The third kappa shape index (κ3) is 5.35. The molecule has 5 nitrogen and oxygen atoms in total. The van der Waals surface area contributed by atoms with Gasteiger partial charge in [-0.3, -0.25) is 9.69 Å². The minimum absolute atomic E-state index is 0.137. The van der Waals surface area contributed by atoms with Crippen LogP contribution in [0.25, 0.3) is 0 Å². The number of benzene rings is 3. The van der Waals surface area contributed by atoms with Crippen molar-refractivity contribution < 1.29 is 9.53 Å². The van der Waals surface area contributed by atoms with Crippen molar-refractivity contribution >= 4 is 11.6 Å². The van der Waals surface area contributed by atoms with Crippen molar-refractivity contribution in [2.75, 3.05) is 57.8 Å². The Morgan fingerprint density at radius 1 is 0.886 bits per heavy atom. The van der Waals surface area contributed by atoms with Crippen molar-refractivity contribution in [3.8, 4) is 5.75 Å². The fraction of sp³-hybridized carbons (Fsp3) is 0.367. The Balaban J connectivity index is 1.31. The molecule has 0 radical (unpaired) electrons. The number of amides is 1. The first-order valence-electron chi connectivity index (χ1n) is 12.6. The van der Waals surface area contributed by atoms with Gasteiger partial charge in [-0.2, -0.15) is 0 Å². The van der Waals surface area contributed by atoms with Crippen LogP contribution >= 0.6 is 0 Å². The van der Waals surface area contributed by atoms with E-state index in [1.165, 1.54) is 11.3 Å². The zero-order chi connectivity index (χ0) is 24.2. The van der Waals surface area contributed by atoms with Gasteiger partial charge in [0.2, 0.25) is 0 Å². The number of aryl methyl sites for hydroxylation is 1. The molecule has 2 saturated heterocycles. The van der Waals surface area contributed by atoms with Crippen molar-refractivity contribution in [1.82, 2.24) is 9.80 Å². The summed E-state index contributed by atoms with van der Waals surface area (Å²) >= 11 is 0. The number of carbonyl (C=O) groups is 1. The number of carbonyl (C=O) groups excluding carboxylic acids is 1. The van der Waals surface area contributed by atoms with Gasteiger partial charge in [-0.25, -0.2) is 0 Å². The van der Waals surface area contributed by atoms with Gasteiger partial charge in [0, 0.05) is 63.0 Å². The Labute approximate surface area is 208 Å². The smallest absolute Gasteiger partial charge is 0.253 e. The van der Waals surface area contributed by atoms with E-state index < -0.39 is 0 Å². The number of piperazine rings is 1. The van der Waals surface area contributed by atoms with Crippen LogP contribution in [0.5, 0.6) is 5.75 Å². The molecular weight excluding hydrogens is 434 g/mol. The van der Waals surface area contributed by atoms with Gasteiger partial charge in [0.25, 0.3) is 5.91 Å². The van der Waals surface area contributed by atoms with Crippen LogP contribution in [0.3, 0.4) is 0 Å². The van der Waals surface area contributed by atoms with Crippen molar-refractivity contribution in [2.45, 2.75) is 12.8 Å². The first kappa shape index (κ1) is 23.4. The van der Waals surface area contributed by atoms with Gasteiger partial charge in [-0.1, -0.05) is 48.0 Å². The molecule has 0 aromatic heterocycles. The summed E-state index contributed by atoms with van der Waals surface area (Å²) in [6.07, 6.45) is 0. The predicted molar refractivity (Wildman–Crippen MR) is 141 cm³/mol. The van der Waals surface area contributed by atoms with Gasteiger partial charge in [-0.15, -0.1) is 0 Å². The molecule has 5 rings (SSSR count). The fourth-order valence-corrected chi connectivity index (χ4v) is 5.59. The standard InChI is InChI=1S/C30H35N3O2/c1-23-8-6-10-25(18-23)30(34)33-21-26(29(22-33)24-9-7-13-28(19-24)35-2)20-31-14-16-32(17-15-31)27-11-4-3-5-12-27/h3-13,18-19,26,29H,14-17,20-22H2,1-2H3. The van der Waals surface area contributed by atoms with Crippen molar-refractivity contribution in [3.63, 3.8) is 0 Å². The SMILES string of the molecule is COc1cccc(C2CN(C(=O)c3cccc(C)c3)CC2CN2CCN(c3ccccc3)CC2)c1. The van der Waals surface area contributed by atoms with Crippen LogP contribution in [0, 0.1) is 12.8 Å². The Bertz CT molecular complexity index is 1140. The number of likely N-dealkylation sites (tertiary alicyclic amines) is 1. The van der Waals surface area contributed by atoms with Gasteiger partial charge in [0.1, 0.15) is 5.75 Å². The minimum Gasteiger partial charge on any atom is -0.497 e. The largest absolute Gasteiger partial charge is 0.497 e. The third-order valence-electron chi connectivity index (χ3n) is 7.50. The first-order chi connectivity index (χ1) is 17.1. The lowest BCUT2D eigenvalue weighted by atomic mass is 9.88.